The topological polar surface area (TPSA) is 144 Å². The van der Waals surface area contributed by atoms with Gasteiger partial charge >= 0.3 is 0 Å². The normalized spacial score (nSPS) is 30.3. The molecule has 40 heavy (non-hydrogen) atoms. The Labute approximate surface area is 235 Å². The number of ketones is 4. The number of carbonyl (C=O) groups is 5. The molecule has 4 rings (SSSR count). The van der Waals surface area contributed by atoms with E-state index in [2.05, 4.69) is 10.2 Å². The second-order valence-corrected chi connectivity index (χ2v) is 13.1. The minimum atomic E-state index is -2.68. The lowest BCUT2D eigenvalue weighted by Crippen LogP contribution is -2.74. The van der Waals surface area contributed by atoms with Crippen molar-refractivity contribution in [2.24, 2.45) is 23.7 Å². The van der Waals surface area contributed by atoms with E-state index >= 15 is 0 Å². The SMILES string of the molecule is CN(C)CCCc1ccc(O)c2c1C[C@H]1C[C@H]3[C@H](N(C)C)C(=O)C(C(=O)NC(C)(C)C)C(=O)[C@@]3(O)C(=O)C1C2=O. The van der Waals surface area contributed by atoms with Crippen molar-refractivity contribution in [3.63, 3.8) is 0 Å². The highest BCUT2D eigenvalue weighted by molar-refractivity contribution is 6.32. The van der Waals surface area contributed by atoms with E-state index in [1.165, 1.54) is 11.0 Å². The first-order valence-corrected chi connectivity index (χ1v) is 13.9. The number of rotatable bonds is 6. The van der Waals surface area contributed by atoms with Gasteiger partial charge in [-0.25, -0.2) is 0 Å². The molecule has 0 aliphatic heterocycles. The van der Waals surface area contributed by atoms with Crippen molar-refractivity contribution in [2.75, 3.05) is 34.7 Å². The minimum Gasteiger partial charge on any atom is -0.507 e. The molecule has 1 amide bonds. The Bertz CT molecular complexity index is 1260. The lowest BCUT2D eigenvalue weighted by atomic mass is 9.52. The molecule has 0 heterocycles. The van der Waals surface area contributed by atoms with Gasteiger partial charge in [0.15, 0.2) is 34.7 Å². The first kappa shape index (κ1) is 30.0. The van der Waals surface area contributed by atoms with Crippen LogP contribution in [0.5, 0.6) is 5.75 Å². The van der Waals surface area contributed by atoms with Crippen LogP contribution in [0.25, 0.3) is 0 Å². The minimum absolute atomic E-state index is 0.0597. The number of aryl methyl sites for hydroxylation is 1. The monoisotopic (exact) mass is 555 g/mol. The van der Waals surface area contributed by atoms with Crippen LogP contribution < -0.4 is 5.32 Å². The lowest BCUT2D eigenvalue weighted by molar-refractivity contribution is -0.181. The van der Waals surface area contributed by atoms with Crippen LogP contribution in [0.1, 0.15) is 55.1 Å². The van der Waals surface area contributed by atoms with Crippen LogP contribution in [-0.4, -0.2) is 101 Å². The molecular formula is C30H41N3O7. The molecule has 10 nitrogen and oxygen atoms in total. The molecule has 3 aliphatic rings. The summed E-state index contributed by atoms with van der Waals surface area (Å²) < 4.78 is 0. The summed E-state index contributed by atoms with van der Waals surface area (Å²) in [5.41, 5.74) is -1.80. The number of likely N-dealkylation sites (N-methyl/N-ethyl adjacent to an activating group) is 1. The van der Waals surface area contributed by atoms with Crippen LogP contribution >= 0.6 is 0 Å². The van der Waals surface area contributed by atoms with E-state index in [4.69, 9.17) is 0 Å². The van der Waals surface area contributed by atoms with Gasteiger partial charge in [0.2, 0.25) is 5.91 Å². The van der Waals surface area contributed by atoms with Crippen molar-refractivity contribution in [1.29, 1.82) is 0 Å². The molecule has 218 valence electrons. The number of phenols is 1. The quantitative estimate of drug-likeness (QED) is 0.434. The van der Waals surface area contributed by atoms with E-state index in [0.717, 1.165) is 18.5 Å². The van der Waals surface area contributed by atoms with Crippen LogP contribution in [0.3, 0.4) is 0 Å². The largest absolute Gasteiger partial charge is 0.507 e. The highest BCUT2D eigenvalue weighted by Crippen LogP contribution is 2.51. The number of phenolic OH excluding ortho intramolecular Hbond substituents is 1. The Morgan fingerprint density at radius 2 is 1.73 bits per heavy atom. The number of nitrogens with one attached hydrogen (secondary N) is 1. The van der Waals surface area contributed by atoms with Crippen molar-refractivity contribution < 1.29 is 34.2 Å². The van der Waals surface area contributed by atoms with E-state index in [9.17, 15) is 34.2 Å². The number of Topliss-reactive ketones (excluding diaryl/α,β-unsaturated/α-hetero) is 4. The third kappa shape index (κ3) is 4.90. The number of carbonyl (C=O) groups excluding carboxylic acids is 5. The molecule has 3 N–H and O–H groups in total. The fourth-order valence-electron chi connectivity index (χ4n) is 6.91. The van der Waals surface area contributed by atoms with E-state index in [0.29, 0.717) is 18.4 Å². The molecule has 1 aromatic carbocycles. The average molecular weight is 556 g/mol. The Balaban J connectivity index is 1.77. The van der Waals surface area contributed by atoms with Crippen LogP contribution in [0.2, 0.25) is 0 Å². The van der Waals surface area contributed by atoms with Gasteiger partial charge in [0.25, 0.3) is 0 Å². The fourth-order valence-corrected chi connectivity index (χ4v) is 6.91. The Kier molecular flexibility index (Phi) is 7.85. The highest BCUT2D eigenvalue weighted by atomic mass is 16.3. The maximum atomic E-state index is 14.1. The van der Waals surface area contributed by atoms with Crippen molar-refractivity contribution in [1.82, 2.24) is 15.1 Å². The van der Waals surface area contributed by atoms with E-state index in [-0.39, 0.29) is 17.7 Å². The predicted octanol–water partition coefficient (Wildman–Crippen LogP) is 0.791. The summed E-state index contributed by atoms with van der Waals surface area (Å²) in [5, 5.41) is 25.2. The first-order chi connectivity index (χ1) is 18.5. The Hall–Kier alpha value is -2.95. The van der Waals surface area contributed by atoms with Gasteiger partial charge in [0.1, 0.15) is 5.75 Å². The summed E-state index contributed by atoms with van der Waals surface area (Å²) in [5.74, 6) is -9.48. The highest BCUT2D eigenvalue weighted by Gasteiger charge is 2.69. The number of nitrogens with zero attached hydrogens (tertiary/aromatic N) is 2. The van der Waals surface area contributed by atoms with E-state index < -0.39 is 69.9 Å². The fraction of sp³-hybridized carbons (Fsp3) is 0.633. The number of benzene rings is 1. The number of amides is 1. The summed E-state index contributed by atoms with van der Waals surface area (Å²) >= 11 is 0. The van der Waals surface area contributed by atoms with Crippen molar-refractivity contribution in [3.8, 4) is 5.75 Å². The number of hydrogen-bond donors (Lipinski definition) is 3. The van der Waals surface area contributed by atoms with Crippen molar-refractivity contribution in [3.05, 3.63) is 28.8 Å². The third-order valence-corrected chi connectivity index (χ3v) is 8.57. The molecule has 6 atom stereocenters. The van der Waals surface area contributed by atoms with Gasteiger partial charge in [-0.05, 0) is 104 Å². The molecule has 0 spiro atoms. The summed E-state index contributed by atoms with van der Waals surface area (Å²) in [6.07, 6.45) is 1.87. The smallest absolute Gasteiger partial charge is 0.238 e. The first-order valence-electron chi connectivity index (χ1n) is 13.9. The van der Waals surface area contributed by atoms with E-state index in [1.54, 1.807) is 40.9 Å². The zero-order valence-electron chi connectivity index (χ0n) is 24.4. The Morgan fingerprint density at radius 1 is 1.07 bits per heavy atom. The summed E-state index contributed by atoms with van der Waals surface area (Å²) in [7, 11) is 7.16. The number of aliphatic hydroxyl groups is 1. The van der Waals surface area contributed by atoms with Crippen molar-refractivity contribution >= 4 is 29.0 Å². The predicted molar refractivity (Wildman–Crippen MR) is 147 cm³/mol. The van der Waals surface area contributed by atoms with Gasteiger partial charge in [0.05, 0.1) is 17.5 Å². The maximum absolute atomic E-state index is 14.1. The van der Waals surface area contributed by atoms with Gasteiger partial charge in [-0.3, -0.25) is 28.9 Å². The molecule has 10 heteroatoms. The van der Waals surface area contributed by atoms with Crippen LogP contribution in [0, 0.1) is 23.7 Å². The van der Waals surface area contributed by atoms with E-state index in [1.807, 2.05) is 14.1 Å². The molecule has 3 aliphatic carbocycles. The number of hydrogen-bond acceptors (Lipinski definition) is 9. The lowest BCUT2D eigenvalue weighted by Gasteiger charge is -2.52. The van der Waals surface area contributed by atoms with Gasteiger partial charge in [-0.15, -0.1) is 0 Å². The molecule has 1 aromatic rings. The van der Waals surface area contributed by atoms with Gasteiger partial charge in [0, 0.05) is 11.5 Å². The summed E-state index contributed by atoms with van der Waals surface area (Å²) in [4.78, 5) is 72.1. The standard InChI is InChI=1S/C30H41N3O7/c1-29(2,3)31-28(39)22-25(36)23(33(6)7)18-14-16-13-17-15(9-8-12-32(4)5)10-11-19(34)21(17)24(35)20(16)26(37)30(18,40)27(22)38/h10-11,16,18,20,22-23,34,40H,8-9,12-14H2,1-7H3,(H,31,39)/t16-,18-,20?,22?,23-,30-/m0/s1. The molecular weight excluding hydrogens is 514 g/mol. The number of aromatic hydroxyl groups is 1. The molecule has 2 fully saturated rings. The van der Waals surface area contributed by atoms with Crippen LogP contribution in [0.15, 0.2) is 12.1 Å². The molecule has 0 bridgehead atoms. The molecule has 0 aromatic heterocycles. The molecule has 0 saturated heterocycles. The van der Waals surface area contributed by atoms with Crippen LogP contribution in [-0.2, 0) is 32.0 Å². The molecule has 0 radical (unpaired) electrons. The number of fused-ring (bicyclic) bond motifs is 3. The van der Waals surface area contributed by atoms with Crippen molar-refractivity contribution in [2.45, 2.75) is 63.6 Å². The molecule has 2 unspecified atom stereocenters. The average Bonchev–Trinajstić information content (AvgIpc) is 2.81. The second kappa shape index (κ2) is 10.5. The van der Waals surface area contributed by atoms with Crippen LogP contribution in [0.4, 0.5) is 0 Å². The zero-order valence-corrected chi connectivity index (χ0v) is 24.4. The van der Waals surface area contributed by atoms with Gasteiger partial charge < -0.3 is 20.4 Å². The summed E-state index contributed by atoms with van der Waals surface area (Å²) in [6.45, 7) is 5.92. The summed E-state index contributed by atoms with van der Waals surface area (Å²) in [6, 6.07) is 2.17. The third-order valence-electron chi connectivity index (χ3n) is 8.57. The maximum Gasteiger partial charge on any atom is 0.238 e. The van der Waals surface area contributed by atoms with Gasteiger partial charge in [-0.1, -0.05) is 6.07 Å². The van der Waals surface area contributed by atoms with Gasteiger partial charge in [-0.2, -0.15) is 0 Å². The zero-order chi connectivity index (χ0) is 29.9. The molecule has 2 saturated carbocycles. The second-order valence-electron chi connectivity index (χ2n) is 13.1. The Morgan fingerprint density at radius 3 is 2.30 bits per heavy atom.